The first kappa shape index (κ1) is 20.0. The maximum absolute atomic E-state index is 10.4. The maximum Gasteiger partial charge on any atom is 0.0667 e. The number of hydrogen-bond donors (Lipinski definition) is 0. The van der Waals surface area contributed by atoms with Crippen LogP contribution in [0.4, 0.5) is 0 Å². The molecule has 0 aliphatic carbocycles. The Hall–Kier alpha value is -8.40. The monoisotopic (exact) mass is 823 g/mol. The number of para-hydroxylation sites is 4. The molecule has 0 fully saturated rings. The summed E-state index contributed by atoms with van der Waals surface area (Å²) >= 11 is 0. The largest absolute Gasteiger partial charge is 0.309 e. The van der Waals surface area contributed by atoms with Crippen molar-refractivity contribution in [3.63, 3.8) is 0 Å². The van der Waals surface area contributed by atoms with E-state index in [9.17, 15) is 16.4 Å². The predicted octanol–water partition coefficient (Wildman–Crippen LogP) is 16.0. The van der Waals surface area contributed by atoms with Crippen molar-refractivity contribution < 1.29 is 30.2 Å². The van der Waals surface area contributed by atoms with E-state index in [1.54, 1.807) is 12.1 Å². The Labute approximate surface area is 395 Å². The predicted molar refractivity (Wildman–Crippen MR) is 266 cm³/mol. The van der Waals surface area contributed by atoms with Gasteiger partial charge in [0.15, 0.2) is 0 Å². The van der Waals surface area contributed by atoms with Crippen molar-refractivity contribution in [2.45, 2.75) is 0 Å². The molecular weight excluding hydrogens is 763 g/mol. The van der Waals surface area contributed by atoms with Crippen molar-refractivity contribution >= 4 is 65.4 Å². The van der Waals surface area contributed by atoms with Gasteiger partial charge in [0.2, 0.25) is 0 Å². The molecule has 3 heterocycles. The van der Waals surface area contributed by atoms with Crippen molar-refractivity contribution in [1.29, 1.82) is 0 Å². The van der Waals surface area contributed by atoms with E-state index in [4.69, 9.17) is 13.7 Å². The highest BCUT2D eigenvalue weighted by Crippen LogP contribution is 2.41. The Morgan fingerprint density at radius 3 is 1.22 bits per heavy atom. The molecule has 0 atom stereocenters. The van der Waals surface area contributed by atoms with Crippen LogP contribution in [0.25, 0.3) is 116 Å². The molecule has 0 saturated heterocycles. The fraction of sp³-hybridized carbons (Fsp3) is 0. The van der Waals surface area contributed by atoms with Gasteiger partial charge in [0.1, 0.15) is 0 Å². The topological polar surface area (TPSA) is 14.8 Å². The molecule has 0 amide bonds. The van der Waals surface area contributed by atoms with Gasteiger partial charge in [0.25, 0.3) is 0 Å². The molecule has 0 spiro atoms. The van der Waals surface area contributed by atoms with E-state index in [0.29, 0.717) is 11.1 Å². The second-order valence-corrected chi connectivity index (χ2v) is 14.9. The van der Waals surface area contributed by atoms with Crippen LogP contribution in [0.15, 0.2) is 236 Å². The Kier molecular flexibility index (Phi) is 4.47. The summed E-state index contributed by atoms with van der Waals surface area (Å²) in [4.78, 5) is 0. The van der Waals surface area contributed by atoms with Gasteiger partial charge in [0.05, 0.1) is 63.3 Å². The second-order valence-electron chi connectivity index (χ2n) is 14.9. The SMILES string of the molecule is [2H]c1c([2H])c([2H])c2c(c1[2H])c1c([2H])c(-n3c4c([2H])c([2H])c([2H])c([2H])c4c4c([2H])c([2H])c(-n5c6c([2H])c([2H])c([2H])c([2H])c6c6c([2H])c([2H])c([2H])c([2H])c65)c([2H])c43)c([2H])c([2H])c1n2-c1cc(-c2ccccc2)cc(-c2cccc(-c3ccccc3)c2)c1. The molecule has 0 unspecified atom stereocenters. The van der Waals surface area contributed by atoms with Crippen molar-refractivity contribution in [2.75, 3.05) is 0 Å². The Morgan fingerprint density at radius 1 is 0.254 bits per heavy atom. The van der Waals surface area contributed by atoms with Crippen molar-refractivity contribution in [3.8, 4) is 50.4 Å². The first-order chi connectivity index (χ1) is 40.4. The highest BCUT2D eigenvalue weighted by atomic mass is 15.0. The lowest BCUT2D eigenvalue weighted by Gasteiger charge is -2.15. The van der Waals surface area contributed by atoms with Gasteiger partial charge in [-0.05, 0) is 112 Å². The molecule has 13 rings (SSSR count). The zero-order chi connectivity index (χ0) is 60.6. The summed E-state index contributed by atoms with van der Waals surface area (Å²) in [5.41, 5.74) is 0.802. The molecule has 0 saturated carbocycles. The lowest BCUT2D eigenvalue weighted by molar-refractivity contribution is 1.15. The van der Waals surface area contributed by atoms with Gasteiger partial charge in [-0.15, -0.1) is 0 Å². The summed E-state index contributed by atoms with van der Waals surface area (Å²) < 4.78 is 208. The maximum atomic E-state index is 10.4. The van der Waals surface area contributed by atoms with Crippen LogP contribution >= 0.6 is 0 Å². The zero-order valence-corrected chi connectivity index (χ0v) is 32.7. The Balaban J connectivity index is 1.21. The van der Waals surface area contributed by atoms with Crippen LogP contribution in [0.5, 0.6) is 0 Å². The van der Waals surface area contributed by atoms with Gasteiger partial charge in [0, 0.05) is 49.4 Å². The number of aromatic nitrogens is 3. The number of nitrogens with zero attached hydrogens (tertiary/aromatic N) is 3. The molecular formula is C60H39N3. The molecule has 0 N–H and O–H groups in total. The minimum atomic E-state index is -0.903. The van der Waals surface area contributed by atoms with E-state index in [1.165, 1.54) is 4.57 Å². The van der Waals surface area contributed by atoms with Crippen LogP contribution in [0.3, 0.4) is 0 Å². The summed E-state index contributed by atoms with van der Waals surface area (Å²) in [5, 5.41) is -2.42. The van der Waals surface area contributed by atoms with Crippen LogP contribution in [-0.2, 0) is 0 Å². The molecule has 3 nitrogen and oxygen atoms in total. The van der Waals surface area contributed by atoms with Gasteiger partial charge in [-0.1, -0.05) is 157 Å². The first-order valence-corrected chi connectivity index (χ1v) is 19.9. The highest BCUT2D eigenvalue weighted by molar-refractivity contribution is 6.14. The van der Waals surface area contributed by atoms with Crippen molar-refractivity contribution in [1.82, 2.24) is 13.7 Å². The van der Waals surface area contributed by atoms with Gasteiger partial charge in [-0.25, -0.2) is 0 Å². The lowest BCUT2D eigenvalue weighted by Crippen LogP contribution is -1.98. The standard InChI is InChI=1S/C60H39N3/c1-3-16-40(17-4-1)42-20-15-21-43(34-42)45-35-44(41-18-5-2-6-19-41)36-48(37-45)63-58-29-14-10-25-52(58)54-38-46(31-33-59(54)63)62-57-28-13-9-24-51(57)53-32-30-47(39-60(53)62)61-55-26-11-7-22-49(55)50-23-8-12-27-56(50)61/h1-39H/i7D,8D,9D,10D,11D,12D,13D,14D,22D,23D,24D,25D,26D,27D,28D,29D,30D,31D,32D,33D,38D,39D. The summed E-state index contributed by atoms with van der Waals surface area (Å²) in [6.07, 6.45) is 0. The van der Waals surface area contributed by atoms with Gasteiger partial charge in [-0.3, -0.25) is 0 Å². The van der Waals surface area contributed by atoms with Gasteiger partial charge in [-0.2, -0.15) is 0 Å². The molecule has 3 heteroatoms. The Morgan fingerprint density at radius 2 is 0.635 bits per heavy atom. The molecule has 294 valence electrons. The van der Waals surface area contributed by atoms with Gasteiger partial charge < -0.3 is 13.7 Å². The number of benzene rings is 10. The Bertz CT molecular complexity index is 5130. The third kappa shape index (κ3) is 5.60. The highest BCUT2D eigenvalue weighted by Gasteiger charge is 2.19. The smallest absolute Gasteiger partial charge is 0.0667 e. The van der Waals surface area contributed by atoms with E-state index in [0.717, 1.165) is 31.4 Å². The van der Waals surface area contributed by atoms with Crippen LogP contribution in [0.1, 0.15) is 30.2 Å². The molecule has 10 aromatic carbocycles. The second kappa shape index (κ2) is 14.1. The molecule has 3 aromatic heterocycles. The quantitative estimate of drug-likeness (QED) is 0.159. The van der Waals surface area contributed by atoms with Crippen molar-refractivity contribution in [2.24, 2.45) is 0 Å². The number of fused-ring (bicyclic) bond motifs is 9. The van der Waals surface area contributed by atoms with Crippen LogP contribution < -0.4 is 0 Å². The van der Waals surface area contributed by atoms with Gasteiger partial charge >= 0.3 is 0 Å². The summed E-state index contributed by atoms with van der Waals surface area (Å²) in [5.74, 6) is 0. The molecule has 0 bridgehead atoms. The summed E-state index contributed by atoms with van der Waals surface area (Å²) in [6, 6.07) is 15.1. The normalized spacial score (nSPS) is 16.7. The fourth-order valence-electron chi connectivity index (χ4n) is 8.57. The molecule has 0 radical (unpaired) electrons. The summed E-state index contributed by atoms with van der Waals surface area (Å²) in [7, 11) is 0. The van der Waals surface area contributed by atoms with Crippen LogP contribution in [0.2, 0.25) is 0 Å². The number of hydrogen-bond acceptors (Lipinski definition) is 0. The first-order valence-electron chi connectivity index (χ1n) is 30.9. The van der Waals surface area contributed by atoms with Crippen LogP contribution in [-0.4, -0.2) is 13.7 Å². The minimum absolute atomic E-state index is 0.200. The molecule has 0 aliphatic rings. The van der Waals surface area contributed by atoms with E-state index in [1.807, 2.05) is 91.0 Å². The molecule has 0 aliphatic heterocycles. The van der Waals surface area contributed by atoms with Crippen molar-refractivity contribution in [3.05, 3.63) is 236 Å². The van der Waals surface area contributed by atoms with E-state index in [-0.39, 0.29) is 27.5 Å². The van der Waals surface area contributed by atoms with E-state index in [2.05, 4.69) is 0 Å². The third-order valence-electron chi connectivity index (χ3n) is 11.4. The zero-order valence-electron chi connectivity index (χ0n) is 54.7. The average Bonchev–Trinajstić information content (AvgIpc) is 2.86. The van der Waals surface area contributed by atoms with E-state index < -0.39 is 188 Å². The third-order valence-corrected chi connectivity index (χ3v) is 11.4. The molecule has 13 aromatic rings. The number of rotatable bonds is 6. The van der Waals surface area contributed by atoms with Crippen LogP contribution in [0, 0.1) is 0 Å². The fourth-order valence-corrected chi connectivity index (χ4v) is 8.57. The average molecular weight is 824 g/mol. The lowest BCUT2D eigenvalue weighted by atomic mass is 9.95. The molecule has 63 heavy (non-hydrogen) atoms. The van der Waals surface area contributed by atoms with E-state index >= 15 is 0 Å². The summed E-state index contributed by atoms with van der Waals surface area (Å²) in [6.45, 7) is 0. The minimum Gasteiger partial charge on any atom is -0.309 e.